The number of nitrogens with zero attached hydrogens (tertiary/aromatic N) is 2. The van der Waals surface area contributed by atoms with Crippen molar-refractivity contribution in [3.05, 3.63) is 0 Å². The van der Waals surface area contributed by atoms with Gasteiger partial charge in [0.1, 0.15) is 0 Å². The smallest absolute Gasteiger partial charge is 0.222 e. The lowest BCUT2D eigenvalue weighted by Gasteiger charge is -2.23. The predicted molar refractivity (Wildman–Crippen MR) is 75.0 cm³/mol. The molecule has 0 bridgehead atoms. The lowest BCUT2D eigenvalue weighted by Crippen LogP contribution is -2.34. The minimum Gasteiger partial charge on any atom is -0.341 e. The van der Waals surface area contributed by atoms with Gasteiger partial charge in [-0.3, -0.25) is 4.79 Å². The summed E-state index contributed by atoms with van der Waals surface area (Å²) in [5.74, 6) is 0.684. The van der Waals surface area contributed by atoms with Gasteiger partial charge in [-0.05, 0) is 12.3 Å². The summed E-state index contributed by atoms with van der Waals surface area (Å²) in [6.45, 7) is 7.76. The summed E-state index contributed by atoms with van der Waals surface area (Å²) in [6.07, 6.45) is 6.93. The average Bonchev–Trinajstić information content (AvgIpc) is 2.33. The molecule has 0 heterocycles. The first-order chi connectivity index (χ1) is 8.61. The van der Waals surface area contributed by atoms with Crippen LogP contribution in [0.15, 0.2) is 0 Å². The molecule has 0 aromatic carbocycles. The second-order valence-corrected chi connectivity index (χ2v) is 5.31. The van der Waals surface area contributed by atoms with Crippen molar-refractivity contribution in [3.8, 4) is 6.07 Å². The number of nitriles is 1. The van der Waals surface area contributed by atoms with Crippen LogP contribution in [0.25, 0.3) is 0 Å². The zero-order valence-corrected chi connectivity index (χ0v) is 12.2. The molecule has 3 heteroatoms. The van der Waals surface area contributed by atoms with E-state index < -0.39 is 0 Å². The molecule has 3 nitrogen and oxygen atoms in total. The zero-order valence-electron chi connectivity index (χ0n) is 12.2. The third kappa shape index (κ3) is 9.04. The van der Waals surface area contributed by atoms with Crippen molar-refractivity contribution in [1.29, 1.82) is 5.26 Å². The minimum atomic E-state index is 0.218. The second kappa shape index (κ2) is 11.1. The molecule has 18 heavy (non-hydrogen) atoms. The van der Waals surface area contributed by atoms with Gasteiger partial charge in [-0.1, -0.05) is 46.5 Å². The van der Waals surface area contributed by atoms with Crippen LogP contribution in [0.4, 0.5) is 0 Å². The van der Waals surface area contributed by atoms with Crippen LogP contribution >= 0.6 is 0 Å². The first-order valence-electron chi connectivity index (χ1n) is 7.26. The third-order valence-electron chi connectivity index (χ3n) is 2.93. The van der Waals surface area contributed by atoms with Gasteiger partial charge < -0.3 is 4.90 Å². The SMILES string of the molecule is CCCCCCCC(=O)N(CCC#N)CC(C)C. The Bertz CT molecular complexity index is 256. The van der Waals surface area contributed by atoms with Gasteiger partial charge in [0.2, 0.25) is 5.91 Å². The average molecular weight is 252 g/mol. The van der Waals surface area contributed by atoms with Gasteiger partial charge >= 0.3 is 0 Å². The van der Waals surface area contributed by atoms with E-state index in [1.165, 1.54) is 19.3 Å². The molecule has 0 fully saturated rings. The van der Waals surface area contributed by atoms with Crippen molar-refractivity contribution >= 4 is 5.91 Å². The van der Waals surface area contributed by atoms with Crippen LogP contribution in [0, 0.1) is 17.2 Å². The van der Waals surface area contributed by atoms with Crippen LogP contribution in [0.5, 0.6) is 0 Å². The Kier molecular flexibility index (Phi) is 10.4. The highest BCUT2D eigenvalue weighted by Crippen LogP contribution is 2.09. The lowest BCUT2D eigenvalue weighted by molar-refractivity contribution is -0.131. The molecule has 0 rings (SSSR count). The molecule has 0 atom stereocenters. The normalized spacial score (nSPS) is 10.4. The summed E-state index contributed by atoms with van der Waals surface area (Å²) < 4.78 is 0. The Hall–Kier alpha value is -1.04. The molecule has 104 valence electrons. The van der Waals surface area contributed by atoms with Crippen molar-refractivity contribution in [2.45, 2.75) is 65.7 Å². The van der Waals surface area contributed by atoms with Gasteiger partial charge in [-0.2, -0.15) is 5.26 Å². The summed E-state index contributed by atoms with van der Waals surface area (Å²) in [6, 6.07) is 2.12. The lowest BCUT2D eigenvalue weighted by atomic mass is 10.1. The van der Waals surface area contributed by atoms with Crippen molar-refractivity contribution in [1.82, 2.24) is 4.90 Å². The van der Waals surface area contributed by atoms with Crippen molar-refractivity contribution < 1.29 is 4.79 Å². The Morgan fingerprint density at radius 1 is 1.22 bits per heavy atom. The molecular formula is C15H28N2O. The van der Waals surface area contributed by atoms with Gasteiger partial charge in [-0.25, -0.2) is 0 Å². The molecule has 0 saturated carbocycles. The quantitative estimate of drug-likeness (QED) is 0.556. The molecule has 0 aliphatic heterocycles. The highest BCUT2D eigenvalue weighted by atomic mass is 16.2. The fourth-order valence-corrected chi connectivity index (χ4v) is 1.98. The van der Waals surface area contributed by atoms with E-state index in [4.69, 9.17) is 5.26 Å². The molecule has 1 amide bonds. The van der Waals surface area contributed by atoms with Crippen LogP contribution in [0.3, 0.4) is 0 Å². The van der Waals surface area contributed by atoms with Crippen LogP contribution in [-0.4, -0.2) is 23.9 Å². The molecular weight excluding hydrogens is 224 g/mol. The van der Waals surface area contributed by atoms with E-state index in [-0.39, 0.29) is 5.91 Å². The minimum absolute atomic E-state index is 0.218. The maximum atomic E-state index is 12.0. The number of hydrogen-bond acceptors (Lipinski definition) is 2. The first-order valence-corrected chi connectivity index (χ1v) is 7.26. The number of carbonyl (C=O) groups is 1. The summed E-state index contributed by atoms with van der Waals surface area (Å²) in [5, 5.41) is 8.62. The van der Waals surface area contributed by atoms with E-state index in [1.807, 2.05) is 4.90 Å². The zero-order chi connectivity index (χ0) is 13.8. The number of rotatable bonds is 10. The van der Waals surface area contributed by atoms with Crippen LogP contribution in [0.1, 0.15) is 65.7 Å². The molecule has 0 N–H and O–H groups in total. The van der Waals surface area contributed by atoms with E-state index in [0.29, 0.717) is 25.3 Å². The van der Waals surface area contributed by atoms with Crippen molar-refractivity contribution in [2.75, 3.05) is 13.1 Å². The number of amides is 1. The topological polar surface area (TPSA) is 44.1 Å². The maximum Gasteiger partial charge on any atom is 0.222 e. The van der Waals surface area contributed by atoms with Gasteiger partial charge in [-0.15, -0.1) is 0 Å². The fraction of sp³-hybridized carbons (Fsp3) is 0.867. The monoisotopic (exact) mass is 252 g/mol. The molecule has 0 unspecified atom stereocenters. The Morgan fingerprint density at radius 2 is 1.89 bits per heavy atom. The van der Waals surface area contributed by atoms with E-state index >= 15 is 0 Å². The largest absolute Gasteiger partial charge is 0.341 e. The molecule has 0 aromatic rings. The van der Waals surface area contributed by atoms with Crippen molar-refractivity contribution in [3.63, 3.8) is 0 Å². The van der Waals surface area contributed by atoms with Crippen LogP contribution in [-0.2, 0) is 4.79 Å². The Morgan fingerprint density at radius 3 is 2.44 bits per heavy atom. The molecule has 0 aliphatic carbocycles. The van der Waals surface area contributed by atoms with Gasteiger partial charge in [0, 0.05) is 19.5 Å². The van der Waals surface area contributed by atoms with E-state index in [9.17, 15) is 4.79 Å². The van der Waals surface area contributed by atoms with Crippen LogP contribution < -0.4 is 0 Å². The second-order valence-electron chi connectivity index (χ2n) is 5.31. The summed E-state index contributed by atoms with van der Waals surface area (Å²) >= 11 is 0. The summed E-state index contributed by atoms with van der Waals surface area (Å²) in [7, 11) is 0. The van der Waals surface area contributed by atoms with Gasteiger partial charge in [0.25, 0.3) is 0 Å². The highest BCUT2D eigenvalue weighted by Gasteiger charge is 2.13. The van der Waals surface area contributed by atoms with E-state index in [1.54, 1.807) is 0 Å². The molecule has 0 radical (unpaired) electrons. The Labute approximate surface area is 112 Å². The molecule has 0 aliphatic rings. The Balaban J connectivity index is 3.93. The molecule has 0 spiro atoms. The predicted octanol–water partition coefficient (Wildman–Crippen LogP) is 3.75. The molecule has 0 saturated heterocycles. The van der Waals surface area contributed by atoms with Gasteiger partial charge in [0.15, 0.2) is 0 Å². The fourth-order valence-electron chi connectivity index (χ4n) is 1.98. The summed E-state index contributed by atoms with van der Waals surface area (Å²) in [4.78, 5) is 13.9. The first kappa shape index (κ1) is 17.0. The standard InChI is InChI=1S/C15H28N2O/c1-4-5-6-7-8-10-15(18)17(12-9-11-16)13-14(2)3/h14H,4-10,12-13H2,1-3H3. The van der Waals surface area contributed by atoms with Crippen molar-refractivity contribution in [2.24, 2.45) is 5.92 Å². The maximum absolute atomic E-state index is 12.0. The van der Waals surface area contributed by atoms with Crippen LogP contribution in [0.2, 0.25) is 0 Å². The van der Waals surface area contributed by atoms with Gasteiger partial charge in [0.05, 0.1) is 12.5 Å². The number of hydrogen-bond donors (Lipinski definition) is 0. The number of unbranched alkanes of at least 4 members (excludes halogenated alkanes) is 4. The summed E-state index contributed by atoms with van der Waals surface area (Å²) in [5.41, 5.74) is 0. The number of carbonyl (C=O) groups excluding carboxylic acids is 1. The molecule has 0 aromatic heterocycles. The highest BCUT2D eigenvalue weighted by molar-refractivity contribution is 5.76. The van der Waals surface area contributed by atoms with E-state index in [0.717, 1.165) is 19.4 Å². The van der Waals surface area contributed by atoms with E-state index in [2.05, 4.69) is 26.8 Å². The third-order valence-corrected chi connectivity index (χ3v) is 2.93.